The number of carbonyl (C=O) groups is 3. The van der Waals surface area contributed by atoms with Crippen LogP contribution < -0.4 is 10.6 Å². The SMILES string of the molecule is O=C(CCN1C(=O)NC2(CCCC2)C1=O)Nc1nc2c(F)cc(F)cc2s1. The van der Waals surface area contributed by atoms with Gasteiger partial charge in [0.05, 0.1) is 4.70 Å². The smallest absolute Gasteiger partial charge is 0.323 e. The lowest BCUT2D eigenvalue weighted by molar-refractivity contribution is -0.131. The maximum atomic E-state index is 13.7. The van der Waals surface area contributed by atoms with Gasteiger partial charge in [-0.2, -0.15) is 0 Å². The summed E-state index contributed by atoms with van der Waals surface area (Å²) in [4.78, 5) is 41.8. The number of aromatic nitrogens is 1. The van der Waals surface area contributed by atoms with E-state index in [0.29, 0.717) is 12.8 Å². The number of hydrogen-bond acceptors (Lipinski definition) is 5. The average Bonchev–Trinajstić information content (AvgIpc) is 3.27. The molecule has 1 aromatic carbocycles. The Morgan fingerprint density at radius 2 is 2.04 bits per heavy atom. The Bertz CT molecular complexity index is 955. The third-order valence-corrected chi connectivity index (χ3v) is 5.84. The van der Waals surface area contributed by atoms with Gasteiger partial charge >= 0.3 is 6.03 Å². The van der Waals surface area contributed by atoms with Gasteiger partial charge in [0.1, 0.15) is 16.9 Å². The average molecular weight is 394 g/mol. The van der Waals surface area contributed by atoms with Crippen molar-refractivity contribution < 1.29 is 23.2 Å². The van der Waals surface area contributed by atoms with Crippen molar-refractivity contribution in [3.63, 3.8) is 0 Å². The summed E-state index contributed by atoms with van der Waals surface area (Å²) in [5, 5.41) is 5.38. The van der Waals surface area contributed by atoms with E-state index in [2.05, 4.69) is 15.6 Å². The molecule has 1 aromatic heterocycles. The number of nitrogens with zero attached hydrogens (tertiary/aromatic N) is 2. The largest absolute Gasteiger partial charge is 0.325 e. The van der Waals surface area contributed by atoms with Crippen molar-refractivity contribution in [2.24, 2.45) is 0 Å². The van der Waals surface area contributed by atoms with E-state index in [4.69, 9.17) is 0 Å². The monoisotopic (exact) mass is 394 g/mol. The van der Waals surface area contributed by atoms with Crippen molar-refractivity contribution in [1.29, 1.82) is 0 Å². The Kier molecular flexibility index (Phi) is 4.29. The van der Waals surface area contributed by atoms with Crippen molar-refractivity contribution in [3.8, 4) is 0 Å². The van der Waals surface area contributed by atoms with E-state index in [9.17, 15) is 23.2 Å². The normalized spacial score (nSPS) is 18.5. The highest BCUT2D eigenvalue weighted by Gasteiger charge is 2.52. The number of thiazole rings is 1. The van der Waals surface area contributed by atoms with E-state index < -0.39 is 29.1 Å². The molecule has 27 heavy (non-hydrogen) atoms. The second-order valence-corrected chi connectivity index (χ2v) is 7.76. The number of urea groups is 1. The molecule has 1 saturated heterocycles. The van der Waals surface area contributed by atoms with Gasteiger partial charge < -0.3 is 10.6 Å². The molecule has 10 heteroatoms. The molecular formula is C17H16F2N4O3S. The topological polar surface area (TPSA) is 91.4 Å². The molecule has 0 bridgehead atoms. The minimum Gasteiger partial charge on any atom is -0.323 e. The number of carbonyl (C=O) groups excluding carboxylic acids is 3. The standard InChI is InChI=1S/C17H16F2N4O3S/c18-9-7-10(19)13-11(8-9)27-15(21-13)20-12(24)3-6-23-14(25)17(22-16(23)26)4-1-2-5-17/h7-8H,1-6H2,(H,22,26)(H,20,21,24). The summed E-state index contributed by atoms with van der Waals surface area (Å²) in [5.41, 5.74) is -0.823. The Hall–Kier alpha value is -2.62. The summed E-state index contributed by atoms with van der Waals surface area (Å²) < 4.78 is 27.2. The molecule has 2 fully saturated rings. The minimum absolute atomic E-state index is 0.0195. The highest BCUT2D eigenvalue weighted by molar-refractivity contribution is 7.22. The van der Waals surface area contributed by atoms with Crippen LogP contribution in [0.15, 0.2) is 12.1 Å². The number of imide groups is 1. The zero-order valence-electron chi connectivity index (χ0n) is 14.2. The number of amides is 4. The summed E-state index contributed by atoms with van der Waals surface area (Å²) in [6, 6.07) is 1.39. The number of nitrogens with one attached hydrogen (secondary N) is 2. The Morgan fingerprint density at radius 1 is 1.30 bits per heavy atom. The molecule has 142 valence electrons. The minimum atomic E-state index is -0.803. The molecule has 0 atom stereocenters. The van der Waals surface area contributed by atoms with Crippen LogP contribution in [0.5, 0.6) is 0 Å². The number of benzene rings is 1. The van der Waals surface area contributed by atoms with Crippen molar-refractivity contribution in [2.75, 3.05) is 11.9 Å². The summed E-state index contributed by atoms with van der Waals surface area (Å²) >= 11 is 0.946. The summed E-state index contributed by atoms with van der Waals surface area (Å²) in [6.07, 6.45) is 2.90. The van der Waals surface area contributed by atoms with Crippen LogP contribution in [0.1, 0.15) is 32.1 Å². The van der Waals surface area contributed by atoms with Crippen molar-refractivity contribution in [2.45, 2.75) is 37.6 Å². The molecule has 2 N–H and O–H groups in total. The van der Waals surface area contributed by atoms with Crippen LogP contribution in [-0.2, 0) is 9.59 Å². The third-order valence-electron chi connectivity index (χ3n) is 4.93. The Labute approximate surface area is 156 Å². The fraction of sp³-hybridized carbons (Fsp3) is 0.412. The molecule has 1 aliphatic heterocycles. The zero-order chi connectivity index (χ0) is 19.2. The molecule has 7 nitrogen and oxygen atoms in total. The van der Waals surface area contributed by atoms with Gasteiger partial charge in [0.2, 0.25) is 5.91 Å². The van der Waals surface area contributed by atoms with E-state index in [-0.39, 0.29) is 34.2 Å². The van der Waals surface area contributed by atoms with Gasteiger partial charge in [0, 0.05) is 19.0 Å². The molecule has 0 radical (unpaired) electrons. The van der Waals surface area contributed by atoms with Gasteiger partial charge in [-0.05, 0) is 18.9 Å². The number of rotatable bonds is 4. The van der Waals surface area contributed by atoms with Crippen LogP contribution in [-0.4, -0.2) is 39.8 Å². The molecule has 0 unspecified atom stereocenters. The number of halogens is 2. The van der Waals surface area contributed by atoms with Crippen LogP contribution >= 0.6 is 11.3 Å². The Morgan fingerprint density at radius 3 is 2.78 bits per heavy atom. The van der Waals surface area contributed by atoms with Gasteiger partial charge in [0.15, 0.2) is 10.9 Å². The van der Waals surface area contributed by atoms with E-state index in [1.54, 1.807) is 0 Å². The first-order chi connectivity index (χ1) is 12.9. The van der Waals surface area contributed by atoms with E-state index in [1.165, 1.54) is 0 Å². The first-order valence-corrected chi connectivity index (χ1v) is 9.39. The quantitative estimate of drug-likeness (QED) is 0.780. The molecule has 4 amide bonds. The first kappa shape index (κ1) is 17.8. The van der Waals surface area contributed by atoms with Crippen LogP contribution in [0.25, 0.3) is 10.2 Å². The number of anilines is 1. The lowest BCUT2D eigenvalue weighted by atomic mass is 9.98. The van der Waals surface area contributed by atoms with Crippen LogP contribution in [0.3, 0.4) is 0 Å². The van der Waals surface area contributed by atoms with Gasteiger partial charge in [0.25, 0.3) is 5.91 Å². The molecule has 1 saturated carbocycles. The summed E-state index contributed by atoms with van der Waals surface area (Å²) in [6.45, 7) is -0.0495. The predicted octanol–water partition coefficient (Wildman–Crippen LogP) is 2.77. The molecule has 1 spiro atoms. The lowest BCUT2D eigenvalue weighted by Gasteiger charge is -2.19. The second-order valence-electron chi connectivity index (χ2n) is 6.73. The van der Waals surface area contributed by atoms with Crippen LogP contribution in [0, 0.1) is 11.6 Å². The van der Waals surface area contributed by atoms with Crippen molar-refractivity contribution in [1.82, 2.24) is 15.2 Å². The van der Waals surface area contributed by atoms with E-state index in [0.717, 1.165) is 41.2 Å². The molecule has 2 aromatic rings. The fourth-order valence-electron chi connectivity index (χ4n) is 3.60. The van der Waals surface area contributed by atoms with Gasteiger partial charge in [-0.1, -0.05) is 24.2 Å². The van der Waals surface area contributed by atoms with E-state index in [1.807, 2.05) is 0 Å². The molecular weight excluding hydrogens is 378 g/mol. The molecule has 2 aliphatic rings. The zero-order valence-corrected chi connectivity index (χ0v) is 15.0. The van der Waals surface area contributed by atoms with Crippen molar-refractivity contribution in [3.05, 3.63) is 23.8 Å². The van der Waals surface area contributed by atoms with Crippen molar-refractivity contribution >= 4 is 44.5 Å². The summed E-state index contributed by atoms with van der Waals surface area (Å²) in [5.74, 6) is -2.28. The number of fused-ring (bicyclic) bond motifs is 1. The fourth-order valence-corrected chi connectivity index (χ4v) is 4.52. The van der Waals surface area contributed by atoms with Gasteiger partial charge in [-0.15, -0.1) is 0 Å². The third kappa shape index (κ3) is 3.14. The maximum Gasteiger partial charge on any atom is 0.325 e. The highest BCUT2D eigenvalue weighted by Crippen LogP contribution is 2.35. The van der Waals surface area contributed by atoms with Gasteiger partial charge in [-0.3, -0.25) is 14.5 Å². The molecule has 4 rings (SSSR count). The number of hydrogen-bond donors (Lipinski definition) is 2. The first-order valence-electron chi connectivity index (χ1n) is 8.57. The predicted molar refractivity (Wildman–Crippen MR) is 94.2 cm³/mol. The van der Waals surface area contributed by atoms with Crippen LogP contribution in [0.4, 0.5) is 18.7 Å². The van der Waals surface area contributed by atoms with Gasteiger partial charge in [-0.25, -0.2) is 18.6 Å². The highest BCUT2D eigenvalue weighted by atomic mass is 32.1. The van der Waals surface area contributed by atoms with Crippen LogP contribution in [0.2, 0.25) is 0 Å². The van der Waals surface area contributed by atoms with E-state index >= 15 is 0 Å². The Balaban J connectivity index is 1.39. The summed E-state index contributed by atoms with van der Waals surface area (Å²) in [7, 11) is 0. The maximum absolute atomic E-state index is 13.7. The molecule has 1 aliphatic carbocycles. The lowest BCUT2D eigenvalue weighted by Crippen LogP contribution is -2.44. The molecule has 2 heterocycles. The second kappa shape index (κ2) is 6.52.